The highest BCUT2D eigenvalue weighted by Crippen LogP contribution is 2.29. The Labute approximate surface area is 122 Å². The van der Waals surface area contributed by atoms with Crippen LogP contribution in [0, 0.1) is 6.92 Å². The van der Waals surface area contributed by atoms with E-state index in [0.29, 0.717) is 21.9 Å². The molecule has 0 aliphatic carbocycles. The number of hydrogen-bond acceptors (Lipinski definition) is 3. The second-order valence-corrected chi connectivity index (χ2v) is 4.72. The van der Waals surface area contributed by atoms with E-state index in [1.54, 1.807) is 44.4 Å². The number of anilines is 2. The summed E-state index contributed by atoms with van der Waals surface area (Å²) >= 11 is 6.05. The van der Waals surface area contributed by atoms with Gasteiger partial charge in [-0.15, -0.1) is 0 Å². The molecular formula is C15H14ClNO3. The van der Waals surface area contributed by atoms with Gasteiger partial charge in [0.05, 0.1) is 17.7 Å². The normalized spacial score (nSPS) is 10.2. The Morgan fingerprint density at radius 1 is 1.20 bits per heavy atom. The van der Waals surface area contributed by atoms with Crippen LogP contribution in [0.2, 0.25) is 5.02 Å². The molecule has 2 aromatic rings. The third-order valence-electron chi connectivity index (χ3n) is 2.90. The number of rotatable bonds is 4. The quantitative estimate of drug-likeness (QED) is 0.890. The van der Waals surface area contributed by atoms with Gasteiger partial charge in [0.1, 0.15) is 5.75 Å². The van der Waals surface area contributed by atoms with Gasteiger partial charge in [-0.2, -0.15) is 0 Å². The second kappa shape index (κ2) is 5.84. The number of hydrogen-bond donors (Lipinski definition) is 2. The van der Waals surface area contributed by atoms with Crippen molar-refractivity contribution < 1.29 is 14.6 Å². The number of aryl methyl sites for hydroxylation is 1. The van der Waals surface area contributed by atoms with E-state index in [-0.39, 0.29) is 0 Å². The van der Waals surface area contributed by atoms with Crippen LogP contribution in [0.3, 0.4) is 0 Å². The summed E-state index contributed by atoms with van der Waals surface area (Å²) in [6, 6.07) is 10.4. The van der Waals surface area contributed by atoms with Crippen molar-refractivity contribution in [2.75, 3.05) is 12.4 Å². The lowest BCUT2D eigenvalue weighted by atomic mass is 10.1. The number of halogens is 1. The van der Waals surface area contributed by atoms with Crippen LogP contribution in [0.25, 0.3) is 0 Å². The molecule has 0 amide bonds. The van der Waals surface area contributed by atoms with Crippen molar-refractivity contribution in [3.8, 4) is 5.75 Å². The zero-order chi connectivity index (χ0) is 14.7. The fourth-order valence-electron chi connectivity index (χ4n) is 1.89. The Balaban J connectivity index is 2.24. The smallest absolute Gasteiger partial charge is 0.335 e. The summed E-state index contributed by atoms with van der Waals surface area (Å²) in [4.78, 5) is 11.0. The Morgan fingerprint density at radius 2 is 1.85 bits per heavy atom. The molecule has 0 unspecified atom stereocenters. The molecule has 104 valence electrons. The van der Waals surface area contributed by atoms with Crippen LogP contribution in [0.4, 0.5) is 11.4 Å². The minimum absolute atomic E-state index is 0.295. The van der Waals surface area contributed by atoms with Crippen LogP contribution < -0.4 is 10.1 Å². The number of aromatic carboxylic acids is 1. The van der Waals surface area contributed by atoms with Crippen LogP contribution in [0.5, 0.6) is 5.75 Å². The fraction of sp³-hybridized carbons (Fsp3) is 0.133. The van der Waals surface area contributed by atoms with E-state index in [0.717, 1.165) is 11.4 Å². The molecule has 2 aromatic carbocycles. The predicted molar refractivity (Wildman–Crippen MR) is 79.4 cm³/mol. The first kappa shape index (κ1) is 14.2. The predicted octanol–water partition coefficient (Wildman–Crippen LogP) is 4.10. The van der Waals surface area contributed by atoms with Gasteiger partial charge < -0.3 is 15.2 Å². The Morgan fingerprint density at radius 3 is 2.40 bits per heavy atom. The monoisotopic (exact) mass is 291 g/mol. The van der Waals surface area contributed by atoms with Gasteiger partial charge >= 0.3 is 5.97 Å². The molecule has 0 aromatic heterocycles. The molecule has 0 radical (unpaired) electrons. The number of carboxylic acid groups (broad SMARTS) is 1. The first-order valence-electron chi connectivity index (χ1n) is 5.96. The Hall–Kier alpha value is -2.20. The zero-order valence-electron chi connectivity index (χ0n) is 11.1. The molecule has 0 saturated carbocycles. The van der Waals surface area contributed by atoms with Crippen LogP contribution in [-0.2, 0) is 0 Å². The van der Waals surface area contributed by atoms with Crippen molar-refractivity contribution >= 4 is 28.9 Å². The SMILES string of the molecule is COc1ccc(Nc2ccc(C(=O)O)c(C)c2)cc1Cl. The van der Waals surface area contributed by atoms with Gasteiger partial charge in [0.2, 0.25) is 0 Å². The molecule has 20 heavy (non-hydrogen) atoms. The molecule has 0 spiro atoms. The zero-order valence-corrected chi connectivity index (χ0v) is 11.9. The molecule has 0 aliphatic rings. The number of carbonyl (C=O) groups is 1. The molecule has 2 rings (SSSR count). The van der Waals surface area contributed by atoms with E-state index in [9.17, 15) is 4.79 Å². The highest BCUT2D eigenvalue weighted by Gasteiger charge is 2.08. The van der Waals surface area contributed by atoms with Gasteiger partial charge in [0, 0.05) is 11.4 Å². The molecule has 0 fully saturated rings. The van der Waals surface area contributed by atoms with Crippen molar-refractivity contribution in [2.24, 2.45) is 0 Å². The van der Waals surface area contributed by atoms with Gasteiger partial charge in [-0.05, 0) is 48.9 Å². The lowest BCUT2D eigenvalue weighted by molar-refractivity contribution is 0.0696. The Kier molecular flexibility index (Phi) is 4.15. The fourth-order valence-corrected chi connectivity index (χ4v) is 2.15. The lowest BCUT2D eigenvalue weighted by Gasteiger charge is -2.10. The van der Waals surface area contributed by atoms with E-state index in [1.165, 1.54) is 0 Å². The summed E-state index contributed by atoms with van der Waals surface area (Å²) < 4.78 is 5.09. The van der Waals surface area contributed by atoms with E-state index < -0.39 is 5.97 Å². The number of benzene rings is 2. The maximum absolute atomic E-state index is 11.0. The summed E-state index contributed by atoms with van der Waals surface area (Å²) in [7, 11) is 1.56. The maximum atomic E-state index is 11.0. The standard InChI is InChI=1S/C15H14ClNO3/c1-9-7-10(3-5-12(9)15(18)19)17-11-4-6-14(20-2)13(16)8-11/h3-8,17H,1-2H3,(H,18,19). The first-order chi connectivity index (χ1) is 9.51. The van der Waals surface area contributed by atoms with Crippen molar-refractivity contribution in [1.29, 1.82) is 0 Å². The lowest BCUT2D eigenvalue weighted by Crippen LogP contribution is -2.00. The van der Waals surface area contributed by atoms with Crippen LogP contribution in [0.15, 0.2) is 36.4 Å². The largest absolute Gasteiger partial charge is 0.495 e. The van der Waals surface area contributed by atoms with Gasteiger partial charge in [-0.25, -0.2) is 4.79 Å². The first-order valence-corrected chi connectivity index (χ1v) is 6.33. The third-order valence-corrected chi connectivity index (χ3v) is 3.19. The van der Waals surface area contributed by atoms with Crippen molar-refractivity contribution in [1.82, 2.24) is 0 Å². The number of ether oxygens (including phenoxy) is 1. The minimum Gasteiger partial charge on any atom is -0.495 e. The summed E-state index contributed by atoms with van der Waals surface area (Å²) in [5.41, 5.74) is 2.59. The highest BCUT2D eigenvalue weighted by atomic mass is 35.5. The molecule has 2 N–H and O–H groups in total. The molecule has 0 bridgehead atoms. The summed E-state index contributed by atoms with van der Waals surface area (Å²) in [5.74, 6) is -0.323. The number of nitrogens with one attached hydrogen (secondary N) is 1. The summed E-state index contributed by atoms with van der Waals surface area (Å²) in [6.07, 6.45) is 0. The number of carboxylic acids is 1. The van der Waals surface area contributed by atoms with E-state index in [1.807, 2.05) is 6.07 Å². The maximum Gasteiger partial charge on any atom is 0.335 e. The van der Waals surface area contributed by atoms with Crippen molar-refractivity contribution in [3.05, 3.63) is 52.5 Å². The Bertz CT molecular complexity index is 656. The van der Waals surface area contributed by atoms with Gasteiger partial charge in [-0.1, -0.05) is 11.6 Å². The van der Waals surface area contributed by atoms with E-state index in [2.05, 4.69) is 5.32 Å². The van der Waals surface area contributed by atoms with Gasteiger partial charge in [0.25, 0.3) is 0 Å². The topological polar surface area (TPSA) is 58.6 Å². The third kappa shape index (κ3) is 3.03. The van der Waals surface area contributed by atoms with Crippen molar-refractivity contribution in [3.63, 3.8) is 0 Å². The van der Waals surface area contributed by atoms with E-state index in [4.69, 9.17) is 21.4 Å². The van der Waals surface area contributed by atoms with Gasteiger partial charge in [-0.3, -0.25) is 0 Å². The van der Waals surface area contributed by atoms with Crippen LogP contribution in [0.1, 0.15) is 15.9 Å². The highest BCUT2D eigenvalue weighted by molar-refractivity contribution is 6.32. The summed E-state index contributed by atoms with van der Waals surface area (Å²) in [6.45, 7) is 1.76. The molecule has 0 heterocycles. The molecule has 4 nitrogen and oxygen atoms in total. The average Bonchev–Trinajstić information content (AvgIpc) is 2.38. The minimum atomic E-state index is -0.929. The molecule has 0 atom stereocenters. The number of methoxy groups -OCH3 is 1. The molecule has 0 aliphatic heterocycles. The van der Waals surface area contributed by atoms with Crippen molar-refractivity contribution in [2.45, 2.75) is 6.92 Å². The van der Waals surface area contributed by atoms with E-state index >= 15 is 0 Å². The molecular weight excluding hydrogens is 278 g/mol. The van der Waals surface area contributed by atoms with Crippen LogP contribution in [-0.4, -0.2) is 18.2 Å². The average molecular weight is 292 g/mol. The van der Waals surface area contributed by atoms with Crippen LogP contribution >= 0.6 is 11.6 Å². The molecule has 0 saturated heterocycles. The second-order valence-electron chi connectivity index (χ2n) is 4.31. The summed E-state index contributed by atoms with van der Waals surface area (Å²) in [5, 5.41) is 12.7. The molecule has 5 heteroatoms. The van der Waals surface area contributed by atoms with Gasteiger partial charge in [0.15, 0.2) is 0 Å².